The predicted octanol–water partition coefficient (Wildman–Crippen LogP) is 2.76. The fourth-order valence-electron chi connectivity index (χ4n) is 2.99. The van der Waals surface area contributed by atoms with E-state index in [4.69, 9.17) is 4.74 Å². The lowest BCUT2D eigenvalue weighted by Gasteiger charge is -2.33. The maximum Gasteiger partial charge on any atom is 0.306 e. The number of carbonyl (C=O) groups excluding carboxylic acids is 2. The molecule has 4 heteroatoms. The van der Waals surface area contributed by atoms with Crippen molar-refractivity contribution in [2.75, 3.05) is 7.11 Å². The summed E-state index contributed by atoms with van der Waals surface area (Å²) < 4.78 is 9.95. The van der Waals surface area contributed by atoms with Crippen molar-refractivity contribution in [3.63, 3.8) is 0 Å². The third-order valence-electron chi connectivity index (χ3n) is 4.05. The van der Waals surface area contributed by atoms with Gasteiger partial charge in [0.05, 0.1) is 20.0 Å². The molecule has 19 heavy (non-hydrogen) atoms. The minimum atomic E-state index is -0.365. The summed E-state index contributed by atoms with van der Waals surface area (Å²) in [7, 11) is 1.32. The first-order valence-corrected chi connectivity index (χ1v) is 7.14. The second-order valence-electron chi connectivity index (χ2n) is 5.38. The Kier molecular flexibility index (Phi) is 5.00. The van der Waals surface area contributed by atoms with Crippen LogP contribution in [0.3, 0.4) is 0 Å². The summed E-state index contributed by atoms with van der Waals surface area (Å²) in [4.78, 5) is 22.6. The molecule has 0 aliphatic heterocycles. The molecule has 1 saturated carbocycles. The van der Waals surface area contributed by atoms with Gasteiger partial charge in [0.25, 0.3) is 0 Å². The molecule has 0 N–H and O–H groups in total. The van der Waals surface area contributed by atoms with Gasteiger partial charge in [0, 0.05) is 6.42 Å². The van der Waals surface area contributed by atoms with Crippen molar-refractivity contribution in [2.24, 2.45) is 5.92 Å². The monoisotopic (exact) mass is 266 g/mol. The zero-order chi connectivity index (χ0) is 13.7. The van der Waals surface area contributed by atoms with Crippen molar-refractivity contribution in [1.82, 2.24) is 0 Å². The summed E-state index contributed by atoms with van der Waals surface area (Å²) in [6.07, 6.45) is 9.25. The second kappa shape index (κ2) is 6.73. The highest BCUT2D eigenvalue weighted by atomic mass is 16.5. The zero-order valence-electron chi connectivity index (χ0n) is 11.5. The molecule has 0 radical (unpaired) electrons. The van der Waals surface area contributed by atoms with Gasteiger partial charge >= 0.3 is 11.9 Å². The van der Waals surface area contributed by atoms with Gasteiger partial charge in [0.15, 0.2) is 0 Å². The number of esters is 2. The maximum atomic E-state index is 11.6. The van der Waals surface area contributed by atoms with Gasteiger partial charge < -0.3 is 9.47 Å². The van der Waals surface area contributed by atoms with E-state index in [-0.39, 0.29) is 30.9 Å². The van der Waals surface area contributed by atoms with Crippen LogP contribution in [0.1, 0.15) is 51.4 Å². The number of ether oxygens (including phenoxy) is 2. The topological polar surface area (TPSA) is 52.6 Å². The predicted molar refractivity (Wildman–Crippen MR) is 70.4 cm³/mol. The molecule has 4 nitrogen and oxygen atoms in total. The van der Waals surface area contributed by atoms with E-state index in [1.807, 2.05) is 0 Å². The Balaban J connectivity index is 1.75. The zero-order valence-corrected chi connectivity index (χ0v) is 11.5. The molecular weight excluding hydrogens is 244 g/mol. The standard InChI is InChI=1S/C15H22O4/c1-18-14(16)8-9-15(17)19-13-7-6-11-4-2-3-5-12(11)10-13/h5,11,13H,2-4,6-10H2,1H3. The van der Waals surface area contributed by atoms with E-state index < -0.39 is 0 Å². The van der Waals surface area contributed by atoms with Crippen LogP contribution in [-0.2, 0) is 19.1 Å². The van der Waals surface area contributed by atoms with E-state index >= 15 is 0 Å². The molecule has 0 amide bonds. The normalized spacial score (nSPS) is 26.1. The average molecular weight is 266 g/mol. The van der Waals surface area contributed by atoms with Crippen LogP contribution in [0, 0.1) is 5.92 Å². The Labute approximate surface area is 114 Å². The van der Waals surface area contributed by atoms with Gasteiger partial charge in [-0.2, -0.15) is 0 Å². The molecule has 2 unspecified atom stereocenters. The number of rotatable bonds is 4. The Morgan fingerprint density at radius 1 is 1.21 bits per heavy atom. The van der Waals surface area contributed by atoms with E-state index in [1.54, 1.807) is 0 Å². The maximum absolute atomic E-state index is 11.6. The van der Waals surface area contributed by atoms with Crippen molar-refractivity contribution >= 4 is 11.9 Å². The van der Waals surface area contributed by atoms with Crippen LogP contribution < -0.4 is 0 Å². The van der Waals surface area contributed by atoms with Gasteiger partial charge in [-0.3, -0.25) is 9.59 Å². The largest absolute Gasteiger partial charge is 0.469 e. The molecule has 0 aromatic heterocycles. The molecule has 0 bridgehead atoms. The summed E-state index contributed by atoms with van der Waals surface area (Å²) in [6.45, 7) is 0. The Morgan fingerprint density at radius 2 is 2.00 bits per heavy atom. The fourth-order valence-corrected chi connectivity index (χ4v) is 2.99. The first kappa shape index (κ1) is 14.1. The lowest BCUT2D eigenvalue weighted by atomic mass is 9.76. The molecule has 0 aromatic carbocycles. The number of hydrogen-bond acceptors (Lipinski definition) is 4. The number of methoxy groups -OCH3 is 1. The molecule has 0 heterocycles. The van der Waals surface area contributed by atoms with Crippen LogP contribution in [0.2, 0.25) is 0 Å². The van der Waals surface area contributed by atoms with E-state index in [0.717, 1.165) is 31.6 Å². The highest BCUT2D eigenvalue weighted by Crippen LogP contribution is 2.37. The minimum absolute atomic E-state index is 0.00532. The van der Waals surface area contributed by atoms with Crippen molar-refractivity contribution in [3.8, 4) is 0 Å². The van der Waals surface area contributed by atoms with E-state index in [0.29, 0.717) is 0 Å². The van der Waals surface area contributed by atoms with E-state index in [9.17, 15) is 9.59 Å². The smallest absolute Gasteiger partial charge is 0.306 e. The molecule has 106 valence electrons. The van der Waals surface area contributed by atoms with Gasteiger partial charge in [0.1, 0.15) is 6.10 Å². The van der Waals surface area contributed by atoms with Gasteiger partial charge in [0.2, 0.25) is 0 Å². The van der Waals surface area contributed by atoms with E-state index in [2.05, 4.69) is 10.8 Å². The average Bonchev–Trinajstić information content (AvgIpc) is 2.44. The first-order valence-electron chi connectivity index (χ1n) is 7.14. The lowest BCUT2D eigenvalue weighted by molar-refractivity contribution is -0.153. The van der Waals surface area contributed by atoms with Crippen LogP contribution in [-0.4, -0.2) is 25.2 Å². The van der Waals surface area contributed by atoms with Crippen molar-refractivity contribution in [1.29, 1.82) is 0 Å². The molecule has 2 aliphatic rings. The van der Waals surface area contributed by atoms with Crippen LogP contribution in [0.4, 0.5) is 0 Å². The van der Waals surface area contributed by atoms with Crippen molar-refractivity contribution in [3.05, 3.63) is 11.6 Å². The van der Waals surface area contributed by atoms with Gasteiger partial charge in [-0.1, -0.05) is 11.6 Å². The molecule has 2 aliphatic carbocycles. The van der Waals surface area contributed by atoms with Crippen LogP contribution >= 0.6 is 0 Å². The number of carbonyl (C=O) groups is 2. The van der Waals surface area contributed by atoms with Crippen molar-refractivity contribution in [2.45, 2.75) is 57.5 Å². The Hall–Kier alpha value is -1.32. The van der Waals surface area contributed by atoms with Crippen LogP contribution in [0.25, 0.3) is 0 Å². The van der Waals surface area contributed by atoms with Crippen LogP contribution in [0.15, 0.2) is 11.6 Å². The Bertz CT molecular complexity index is 372. The van der Waals surface area contributed by atoms with Gasteiger partial charge in [-0.25, -0.2) is 0 Å². The molecule has 0 saturated heterocycles. The number of allylic oxidation sites excluding steroid dienone is 1. The molecule has 2 atom stereocenters. The summed E-state index contributed by atoms with van der Waals surface area (Å²) >= 11 is 0. The quantitative estimate of drug-likeness (QED) is 0.580. The Morgan fingerprint density at radius 3 is 2.79 bits per heavy atom. The van der Waals surface area contributed by atoms with Crippen molar-refractivity contribution < 1.29 is 19.1 Å². The van der Waals surface area contributed by atoms with Crippen LogP contribution in [0.5, 0.6) is 0 Å². The fraction of sp³-hybridized carbons (Fsp3) is 0.733. The summed E-state index contributed by atoms with van der Waals surface area (Å²) in [6, 6.07) is 0. The molecule has 1 fully saturated rings. The summed E-state index contributed by atoms with van der Waals surface area (Å²) in [5, 5.41) is 0. The third-order valence-corrected chi connectivity index (χ3v) is 4.05. The third kappa shape index (κ3) is 4.08. The number of fused-ring (bicyclic) bond motifs is 1. The first-order chi connectivity index (χ1) is 9.19. The summed E-state index contributed by atoms with van der Waals surface area (Å²) in [5.74, 6) is 0.0691. The highest BCUT2D eigenvalue weighted by molar-refractivity contribution is 5.77. The lowest BCUT2D eigenvalue weighted by Crippen LogP contribution is -2.27. The molecule has 0 spiro atoms. The summed E-state index contributed by atoms with van der Waals surface area (Å²) in [5.41, 5.74) is 1.48. The minimum Gasteiger partial charge on any atom is -0.469 e. The SMILES string of the molecule is COC(=O)CCC(=O)OC1CCC2CCCC=C2C1. The van der Waals surface area contributed by atoms with Gasteiger partial charge in [-0.15, -0.1) is 0 Å². The molecule has 2 rings (SSSR count). The molecular formula is C15H22O4. The van der Waals surface area contributed by atoms with Gasteiger partial charge in [-0.05, 0) is 38.0 Å². The highest BCUT2D eigenvalue weighted by Gasteiger charge is 2.28. The number of hydrogen-bond donors (Lipinski definition) is 0. The second-order valence-corrected chi connectivity index (χ2v) is 5.38. The van der Waals surface area contributed by atoms with E-state index in [1.165, 1.54) is 25.5 Å². The molecule has 0 aromatic rings.